The molecule has 4 nitrogen and oxygen atoms in total. The van der Waals surface area contributed by atoms with Crippen LogP contribution in [0.15, 0.2) is 36.4 Å². The Kier molecular flexibility index (Phi) is 9.61. The maximum atomic E-state index is 11.6. The highest BCUT2D eigenvalue weighted by Gasteiger charge is 2.43. The molecule has 5 heteroatoms. The van der Waals surface area contributed by atoms with E-state index in [9.17, 15) is 4.79 Å². The third-order valence-corrected chi connectivity index (χ3v) is 11.8. The molecule has 0 aliphatic heterocycles. The summed E-state index contributed by atoms with van der Waals surface area (Å²) in [5.41, 5.74) is 4.10. The molecule has 0 amide bonds. The fourth-order valence-corrected chi connectivity index (χ4v) is 8.69. The average Bonchev–Trinajstić information content (AvgIpc) is 2.75. The van der Waals surface area contributed by atoms with Gasteiger partial charge in [0.1, 0.15) is 5.75 Å². The van der Waals surface area contributed by atoms with Crippen LogP contribution < -0.4 is 13.9 Å². The van der Waals surface area contributed by atoms with E-state index in [1.165, 1.54) is 18.1 Å². The molecule has 0 bridgehead atoms. The van der Waals surface area contributed by atoms with Crippen molar-refractivity contribution < 1.29 is 18.7 Å². The molecule has 0 aliphatic rings. The molecule has 0 heterocycles. The minimum Gasteiger partial charge on any atom is -0.543 e. The molecule has 0 atom stereocenters. The summed E-state index contributed by atoms with van der Waals surface area (Å²) in [6.07, 6.45) is 2.12. The van der Waals surface area contributed by atoms with E-state index in [-0.39, 0.29) is 0 Å². The number of hydrogen-bond acceptors (Lipinski definition) is 4. The minimum absolute atomic E-state index is 0.340. The van der Waals surface area contributed by atoms with Crippen LogP contribution in [0, 0.1) is 18.8 Å². The molecule has 0 aliphatic carbocycles. The van der Waals surface area contributed by atoms with Crippen LogP contribution in [0.3, 0.4) is 0 Å². The summed E-state index contributed by atoms with van der Waals surface area (Å²) in [5.74, 6) is 7.05. The fraction of sp³-hybridized carbons (Fsp3) is 0.464. The lowest BCUT2D eigenvalue weighted by molar-refractivity contribution is -0.132. The van der Waals surface area contributed by atoms with Crippen LogP contribution in [0.4, 0.5) is 0 Å². The number of carbonyl (C=O) groups is 1. The number of aryl methyl sites for hydroxylation is 2. The van der Waals surface area contributed by atoms with Crippen molar-refractivity contribution >= 4 is 14.3 Å². The summed E-state index contributed by atoms with van der Waals surface area (Å²) in [4.78, 5) is 11.6. The topological polar surface area (TPSA) is 44.8 Å². The molecule has 0 saturated heterocycles. The molecule has 0 saturated carbocycles. The number of benzene rings is 2. The first kappa shape index (κ1) is 26.5. The van der Waals surface area contributed by atoms with Gasteiger partial charge in [-0.05, 0) is 55.4 Å². The fourth-order valence-electron chi connectivity index (χ4n) is 4.34. The van der Waals surface area contributed by atoms with Crippen molar-refractivity contribution in [2.45, 2.75) is 78.4 Å². The molecule has 178 valence electrons. The normalized spacial score (nSPS) is 11.2. The lowest BCUT2D eigenvalue weighted by Crippen LogP contribution is -2.48. The van der Waals surface area contributed by atoms with E-state index >= 15 is 0 Å². The quantitative estimate of drug-likeness (QED) is 0.162. The first-order valence-electron chi connectivity index (χ1n) is 11.7. The molecule has 2 aromatic rings. The van der Waals surface area contributed by atoms with Gasteiger partial charge in [-0.2, -0.15) is 0 Å². The van der Waals surface area contributed by atoms with E-state index in [2.05, 4.69) is 70.7 Å². The summed E-state index contributed by atoms with van der Waals surface area (Å²) in [6.45, 7) is 14.3. The summed E-state index contributed by atoms with van der Waals surface area (Å²) >= 11 is 0. The van der Waals surface area contributed by atoms with Gasteiger partial charge in [0.2, 0.25) is 0 Å². The molecule has 0 fully saturated rings. The van der Waals surface area contributed by atoms with Gasteiger partial charge in [0.15, 0.2) is 11.5 Å². The van der Waals surface area contributed by atoms with Crippen LogP contribution in [0.1, 0.15) is 64.7 Å². The van der Waals surface area contributed by atoms with E-state index in [0.717, 1.165) is 24.6 Å². The van der Waals surface area contributed by atoms with E-state index in [1.54, 1.807) is 14.0 Å². The van der Waals surface area contributed by atoms with E-state index in [0.29, 0.717) is 28.1 Å². The molecule has 2 aromatic carbocycles. The van der Waals surface area contributed by atoms with Gasteiger partial charge in [-0.3, -0.25) is 4.79 Å². The van der Waals surface area contributed by atoms with Gasteiger partial charge in [-0.25, -0.2) is 0 Å². The Labute approximate surface area is 200 Å². The van der Waals surface area contributed by atoms with Gasteiger partial charge in [0.05, 0.1) is 12.7 Å². The van der Waals surface area contributed by atoms with Gasteiger partial charge >= 0.3 is 5.97 Å². The first-order chi connectivity index (χ1) is 15.6. The second-order valence-corrected chi connectivity index (χ2v) is 14.1. The highest BCUT2D eigenvalue weighted by Crippen LogP contribution is 2.42. The summed E-state index contributed by atoms with van der Waals surface area (Å²) in [7, 11) is -0.636. The van der Waals surface area contributed by atoms with Crippen LogP contribution in [0.25, 0.3) is 0 Å². The minimum atomic E-state index is -2.20. The van der Waals surface area contributed by atoms with Crippen LogP contribution in [-0.4, -0.2) is 21.4 Å². The Balaban J connectivity index is 2.38. The molecule has 0 radical (unpaired) electrons. The highest BCUT2D eigenvalue weighted by atomic mass is 28.4. The van der Waals surface area contributed by atoms with Crippen molar-refractivity contribution in [3.05, 3.63) is 53.1 Å². The van der Waals surface area contributed by atoms with E-state index in [4.69, 9.17) is 13.9 Å². The summed E-state index contributed by atoms with van der Waals surface area (Å²) in [6, 6.07) is 13.6. The number of carbonyl (C=O) groups excluding carboxylic acids is 1. The Morgan fingerprint density at radius 2 is 1.70 bits per heavy atom. The van der Waals surface area contributed by atoms with Gasteiger partial charge < -0.3 is 13.9 Å². The standard InChI is InChI=1S/C28H38O4Si/c1-9-11-25-18-26(19-27(30-8)28(25)31-23(7)29)32-33(20(2)3,21(4)5)17-10-12-24-15-13-22(6)14-16-24/h13-16,18-21H,10,12,17H2,1-8H3. The number of hydrogen-bond donors (Lipinski definition) is 0. The van der Waals surface area contributed by atoms with Gasteiger partial charge in [0.25, 0.3) is 8.32 Å². The van der Waals surface area contributed by atoms with Gasteiger partial charge in [-0.1, -0.05) is 63.4 Å². The van der Waals surface area contributed by atoms with Crippen molar-refractivity contribution in [2.75, 3.05) is 7.11 Å². The van der Waals surface area contributed by atoms with Gasteiger partial charge in [0, 0.05) is 13.0 Å². The lowest BCUT2D eigenvalue weighted by atomic mass is 10.1. The number of rotatable bonds is 10. The van der Waals surface area contributed by atoms with E-state index in [1.807, 2.05) is 12.1 Å². The van der Waals surface area contributed by atoms with Crippen molar-refractivity contribution in [2.24, 2.45) is 0 Å². The largest absolute Gasteiger partial charge is 0.543 e. The smallest absolute Gasteiger partial charge is 0.308 e. The molecule has 0 unspecified atom stereocenters. The number of methoxy groups -OCH3 is 1. The Morgan fingerprint density at radius 1 is 1.06 bits per heavy atom. The zero-order valence-corrected chi connectivity index (χ0v) is 22.4. The molecule has 0 spiro atoms. The molecule has 0 N–H and O–H groups in total. The van der Waals surface area contributed by atoms with Crippen LogP contribution >= 0.6 is 0 Å². The predicted molar refractivity (Wildman–Crippen MR) is 138 cm³/mol. The Morgan fingerprint density at radius 3 is 2.21 bits per heavy atom. The summed E-state index contributed by atoms with van der Waals surface area (Å²) in [5, 5.41) is 0. The van der Waals surface area contributed by atoms with Crippen molar-refractivity contribution in [3.8, 4) is 29.1 Å². The van der Waals surface area contributed by atoms with Crippen LogP contribution in [0.2, 0.25) is 17.1 Å². The van der Waals surface area contributed by atoms with Gasteiger partial charge in [-0.15, -0.1) is 5.92 Å². The second-order valence-electron chi connectivity index (χ2n) is 9.18. The third-order valence-electron chi connectivity index (χ3n) is 6.17. The molecule has 33 heavy (non-hydrogen) atoms. The molecular weight excluding hydrogens is 428 g/mol. The average molecular weight is 467 g/mol. The Bertz CT molecular complexity index is 989. The maximum absolute atomic E-state index is 11.6. The number of esters is 1. The SMILES string of the molecule is CC#Cc1cc(O[Si](CCCc2ccc(C)cc2)(C(C)C)C(C)C)cc(OC)c1OC(C)=O. The first-order valence-corrected chi connectivity index (χ1v) is 14.0. The third kappa shape index (κ3) is 6.88. The summed E-state index contributed by atoms with van der Waals surface area (Å²) < 4.78 is 17.9. The lowest BCUT2D eigenvalue weighted by Gasteiger charge is -2.39. The molecule has 2 rings (SSSR count). The predicted octanol–water partition coefficient (Wildman–Crippen LogP) is 7.08. The van der Waals surface area contributed by atoms with Crippen molar-refractivity contribution in [3.63, 3.8) is 0 Å². The van der Waals surface area contributed by atoms with Crippen molar-refractivity contribution in [1.29, 1.82) is 0 Å². The zero-order valence-electron chi connectivity index (χ0n) is 21.4. The maximum Gasteiger partial charge on any atom is 0.308 e. The molecule has 0 aromatic heterocycles. The van der Waals surface area contributed by atoms with Crippen LogP contribution in [-0.2, 0) is 11.2 Å². The molecular formula is C28H38O4Si. The zero-order chi connectivity index (χ0) is 24.6. The monoisotopic (exact) mass is 466 g/mol. The van der Waals surface area contributed by atoms with Crippen molar-refractivity contribution in [1.82, 2.24) is 0 Å². The van der Waals surface area contributed by atoms with E-state index < -0.39 is 14.3 Å². The van der Waals surface area contributed by atoms with Crippen LogP contribution in [0.5, 0.6) is 17.2 Å². The Hall–Kier alpha value is -2.71. The highest BCUT2D eigenvalue weighted by molar-refractivity contribution is 6.77. The second kappa shape index (κ2) is 11.9. The number of ether oxygens (including phenoxy) is 2.